The van der Waals surface area contributed by atoms with Crippen molar-refractivity contribution in [3.8, 4) is 5.75 Å². The topological polar surface area (TPSA) is 39.1 Å². The van der Waals surface area contributed by atoms with Gasteiger partial charge in [-0.3, -0.25) is 0 Å². The molecule has 0 aromatic carbocycles. The molecule has 0 radical (unpaired) electrons. The van der Waals surface area contributed by atoms with E-state index in [2.05, 4.69) is 40.3 Å². The second-order valence-electron chi connectivity index (χ2n) is 4.72. The molecule has 1 atom stereocenters. The Morgan fingerprint density at radius 3 is 2.95 bits per heavy atom. The highest BCUT2D eigenvalue weighted by Crippen LogP contribution is 2.34. The van der Waals surface area contributed by atoms with Crippen molar-refractivity contribution in [1.29, 1.82) is 0 Å². The van der Waals surface area contributed by atoms with Gasteiger partial charge in [0.05, 0.1) is 12.0 Å². The van der Waals surface area contributed by atoms with E-state index in [4.69, 9.17) is 4.74 Å². The van der Waals surface area contributed by atoms with Crippen molar-refractivity contribution < 1.29 is 4.74 Å². The Bertz CT molecular complexity index is 521. The summed E-state index contributed by atoms with van der Waals surface area (Å²) in [6, 6.07) is 2.12. The molecular formula is C15H23N3OS. The molecule has 4 nitrogen and oxygen atoms in total. The predicted molar refractivity (Wildman–Crippen MR) is 83.5 cm³/mol. The number of imidazole rings is 1. The van der Waals surface area contributed by atoms with Gasteiger partial charge in [0.25, 0.3) is 0 Å². The van der Waals surface area contributed by atoms with Crippen molar-refractivity contribution in [2.24, 2.45) is 0 Å². The third kappa shape index (κ3) is 3.22. The van der Waals surface area contributed by atoms with Crippen LogP contribution in [0.3, 0.4) is 0 Å². The monoisotopic (exact) mass is 293 g/mol. The average Bonchev–Trinajstić information content (AvgIpc) is 3.09. The van der Waals surface area contributed by atoms with Crippen LogP contribution in [0.1, 0.15) is 43.4 Å². The Hall–Kier alpha value is -1.33. The molecule has 0 saturated carbocycles. The van der Waals surface area contributed by atoms with Crippen molar-refractivity contribution in [3.63, 3.8) is 0 Å². The minimum Gasteiger partial charge on any atom is -0.496 e. The van der Waals surface area contributed by atoms with E-state index in [9.17, 15) is 0 Å². The molecule has 5 heteroatoms. The van der Waals surface area contributed by atoms with E-state index >= 15 is 0 Å². The molecule has 2 heterocycles. The van der Waals surface area contributed by atoms with Gasteiger partial charge in [0.2, 0.25) is 0 Å². The van der Waals surface area contributed by atoms with Crippen molar-refractivity contribution in [3.05, 3.63) is 34.5 Å². The smallest absolute Gasteiger partial charge is 0.134 e. The SMILES string of the molecule is CCCNC(c1sccc1OC)c1nccn1CCC. The number of methoxy groups -OCH3 is 1. The molecule has 0 bridgehead atoms. The van der Waals surface area contributed by atoms with Gasteiger partial charge >= 0.3 is 0 Å². The number of rotatable bonds is 8. The van der Waals surface area contributed by atoms with Crippen LogP contribution in [-0.2, 0) is 6.54 Å². The maximum Gasteiger partial charge on any atom is 0.134 e. The molecule has 0 spiro atoms. The molecule has 1 unspecified atom stereocenters. The van der Waals surface area contributed by atoms with E-state index in [-0.39, 0.29) is 6.04 Å². The van der Waals surface area contributed by atoms with Crippen molar-refractivity contribution >= 4 is 11.3 Å². The Morgan fingerprint density at radius 2 is 2.25 bits per heavy atom. The van der Waals surface area contributed by atoms with Crippen LogP contribution in [0.4, 0.5) is 0 Å². The van der Waals surface area contributed by atoms with Gasteiger partial charge in [0, 0.05) is 18.9 Å². The number of hydrogen-bond donors (Lipinski definition) is 1. The zero-order valence-corrected chi connectivity index (χ0v) is 13.2. The number of hydrogen-bond acceptors (Lipinski definition) is 4. The first-order chi connectivity index (χ1) is 9.81. The maximum absolute atomic E-state index is 5.48. The van der Waals surface area contributed by atoms with Crippen molar-refractivity contribution in [2.45, 2.75) is 39.3 Å². The lowest BCUT2D eigenvalue weighted by atomic mass is 10.2. The van der Waals surface area contributed by atoms with Gasteiger partial charge in [0.1, 0.15) is 17.6 Å². The first-order valence-corrected chi connectivity index (χ1v) is 8.05. The van der Waals surface area contributed by atoms with Gasteiger partial charge in [-0.15, -0.1) is 11.3 Å². The van der Waals surface area contributed by atoms with Crippen LogP contribution in [0.25, 0.3) is 0 Å². The van der Waals surface area contributed by atoms with E-state index in [1.54, 1.807) is 18.4 Å². The molecule has 2 aromatic heterocycles. The second-order valence-corrected chi connectivity index (χ2v) is 5.67. The first kappa shape index (κ1) is 15.1. The maximum atomic E-state index is 5.48. The lowest BCUT2D eigenvalue weighted by Gasteiger charge is -2.19. The Morgan fingerprint density at radius 1 is 1.40 bits per heavy atom. The van der Waals surface area contributed by atoms with Gasteiger partial charge in [-0.1, -0.05) is 13.8 Å². The lowest BCUT2D eigenvalue weighted by Crippen LogP contribution is -2.26. The van der Waals surface area contributed by atoms with Crippen LogP contribution in [0, 0.1) is 0 Å². The summed E-state index contributed by atoms with van der Waals surface area (Å²) in [7, 11) is 1.72. The summed E-state index contributed by atoms with van der Waals surface area (Å²) >= 11 is 1.72. The number of ether oxygens (including phenoxy) is 1. The predicted octanol–water partition coefficient (Wildman–Crippen LogP) is 3.45. The van der Waals surface area contributed by atoms with E-state index in [1.165, 1.54) is 4.88 Å². The molecule has 1 N–H and O–H groups in total. The summed E-state index contributed by atoms with van der Waals surface area (Å²) in [5.41, 5.74) is 0. The molecule has 20 heavy (non-hydrogen) atoms. The van der Waals surface area contributed by atoms with Crippen LogP contribution >= 0.6 is 11.3 Å². The van der Waals surface area contributed by atoms with Gasteiger partial charge in [-0.25, -0.2) is 4.98 Å². The van der Waals surface area contributed by atoms with E-state index in [0.29, 0.717) is 0 Å². The van der Waals surface area contributed by atoms with Crippen LogP contribution in [0.2, 0.25) is 0 Å². The van der Waals surface area contributed by atoms with Crippen LogP contribution in [0.15, 0.2) is 23.8 Å². The standard InChI is InChI=1S/C15H23N3OS/c1-4-7-16-13(14-12(19-3)6-11-20-14)15-17-8-10-18(15)9-5-2/h6,8,10-11,13,16H,4-5,7,9H2,1-3H3. The largest absolute Gasteiger partial charge is 0.496 e. The van der Waals surface area contributed by atoms with Gasteiger partial charge < -0.3 is 14.6 Å². The minimum atomic E-state index is 0.103. The van der Waals surface area contributed by atoms with Crippen molar-refractivity contribution in [1.82, 2.24) is 14.9 Å². The summed E-state index contributed by atoms with van der Waals surface area (Å²) in [5.74, 6) is 2.01. The molecule has 2 aromatic rings. The van der Waals surface area contributed by atoms with Crippen molar-refractivity contribution in [2.75, 3.05) is 13.7 Å². The minimum absolute atomic E-state index is 0.103. The summed E-state index contributed by atoms with van der Waals surface area (Å²) in [6.45, 7) is 6.32. The quantitative estimate of drug-likeness (QED) is 0.810. The Labute approximate surface area is 124 Å². The van der Waals surface area contributed by atoms with Crippen LogP contribution in [0.5, 0.6) is 5.75 Å². The van der Waals surface area contributed by atoms with Crippen LogP contribution in [-0.4, -0.2) is 23.2 Å². The highest BCUT2D eigenvalue weighted by molar-refractivity contribution is 7.10. The normalized spacial score (nSPS) is 12.6. The fraction of sp³-hybridized carbons (Fsp3) is 0.533. The molecule has 0 amide bonds. The zero-order chi connectivity index (χ0) is 14.4. The first-order valence-electron chi connectivity index (χ1n) is 7.17. The van der Waals surface area contributed by atoms with Gasteiger partial charge in [-0.2, -0.15) is 0 Å². The number of nitrogens with one attached hydrogen (secondary N) is 1. The van der Waals surface area contributed by atoms with Gasteiger partial charge in [0.15, 0.2) is 0 Å². The summed E-state index contributed by atoms with van der Waals surface area (Å²) in [4.78, 5) is 5.77. The number of nitrogens with zero attached hydrogens (tertiary/aromatic N) is 2. The average molecular weight is 293 g/mol. The highest BCUT2D eigenvalue weighted by Gasteiger charge is 2.23. The Kier molecular flexibility index (Phi) is 5.61. The highest BCUT2D eigenvalue weighted by atomic mass is 32.1. The Balaban J connectivity index is 2.34. The molecule has 0 aliphatic carbocycles. The second kappa shape index (κ2) is 7.45. The molecular weight excluding hydrogens is 270 g/mol. The summed E-state index contributed by atoms with van der Waals surface area (Å²) in [5, 5.41) is 5.67. The number of aromatic nitrogens is 2. The summed E-state index contributed by atoms with van der Waals surface area (Å²) in [6.07, 6.45) is 6.13. The zero-order valence-electron chi connectivity index (χ0n) is 12.4. The van der Waals surface area contributed by atoms with E-state index in [1.807, 2.05) is 12.3 Å². The third-order valence-corrected chi connectivity index (χ3v) is 4.17. The van der Waals surface area contributed by atoms with E-state index < -0.39 is 0 Å². The molecule has 2 rings (SSSR count). The molecule has 0 aliphatic heterocycles. The van der Waals surface area contributed by atoms with Crippen LogP contribution < -0.4 is 10.1 Å². The van der Waals surface area contributed by atoms with Gasteiger partial charge in [-0.05, 0) is 30.8 Å². The summed E-state index contributed by atoms with van der Waals surface area (Å²) < 4.78 is 7.71. The number of thiophene rings is 1. The molecule has 0 aliphatic rings. The molecule has 110 valence electrons. The lowest BCUT2D eigenvalue weighted by molar-refractivity contribution is 0.405. The van der Waals surface area contributed by atoms with E-state index in [0.717, 1.165) is 37.5 Å². The molecule has 0 fully saturated rings. The fourth-order valence-corrected chi connectivity index (χ4v) is 3.22. The molecule has 0 saturated heterocycles. The number of aryl methyl sites for hydroxylation is 1. The third-order valence-electron chi connectivity index (χ3n) is 3.21. The fourth-order valence-electron chi connectivity index (χ4n) is 2.29.